The van der Waals surface area contributed by atoms with E-state index in [1.165, 1.54) is 6.07 Å². The average molecular weight is 330 g/mol. The first-order valence-electron chi connectivity index (χ1n) is 5.52. The molecule has 0 bridgehead atoms. The minimum Gasteiger partial charge on any atom is -0.394 e. The van der Waals surface area contributed by atoms with Crippen LogP contribution in [0.25, 0.3) is 0 Å². The third kappa shape index (κ3) is 2.52. The molecule has 1 aromatic rings. The number of rotatable bonds is 2. The molecule has 1 fully saturated rings. The summed E-state index contributed by atoms with van der Waals surface area (Å²) in [6.07, 6.45) is -8.26. The molecule has 1 aliphatic heterocycles. The zero-order valence-corrected chi connectivity index (χ0v) is 11.5. The van der Waals surface area contributed by atoms with Crippen molar-refractivity contribution in [2.24, 2.45) is 0 Å². The smallest absolute Gasteiger partial charge is 0.394 e. The number of hydrogen-bond acceptors (Lipinski definition) is 4. The standard InChI is InChI=1S/C10H10F4N2O2S2/c11-9(10(12,13)14)3-5(4-17)18-7(9)16-2-1-6(19)15-8(16)20/h1-2,5,7,17H,3-4H2,(H,15,19,20)/t5-,7+,9+/m0/s1. The van der Waals surface area contributed by atoms with Gasteiger partial charge in [0.05, 0.1) is 12.7 Å². The number of ether oxygens (including phenoxy) is 1. The Balaban J connectivity index is 2.52. The van der Waals surface area contributed by atoms with Crippen LogP contribution < -0.4 is 0 Å². The predicted molar refractivity (Wildman–Crippen MR) is 66.0 cm³/mol. The van der Waals surface area contributed by atoms with Crippen LogP contribution in [-0.4, -0.2) is 39.2 Å². The van der Waals surface area contributed by atoms with Gasteiger partial charge in [-0.05, 0) is 18.3 Å². The summed E-state index contributed by atoms with van der Waals surface area (Å²) in [7, 11) is 0. The first-order chi connectivity index (χ1) is 9.19. The molecule has 3 atom stereocenters. The number of halogens is 4. The Morgan fingerprint density at radius 3 is 2.65 bits per heavy atom. The van der Waals surface area contributed by atoms with Gasteiger partial charge in [-0.3, -0.25) is 4.57 Å². The number of aliphatic hydroxyl groups is 1. The van der Waals surface area contributed by atoms with Crippen LogP contribution in [0.1, 0.15) is 12.6 Å². The van der Waals surface area contributed by atoms with Crippen LogP contribution >= 0.6 is 24.4 Å². The molecule has 0 spiro atoms. The molecule has 112 valence electrons. The molecule has 2 N–H and O–H groups in total. The molecule has 0 radical (unpaired) electrons. The van der Waals surface area contributed by atoms with Gasteiger partial charge in [0, 0.05) is 12.6 Å². The number of aromatic nitrogens is 2. The minimum absolute atomic E-state index is 0.188. The van der Waals surface area contributed by atoms with E-state index in [1.807, 2.05) is 0 Å². The highest BCUT2D eigenvalue weighted by Gasteiger charge is 2.67. The molecular formula is C10H10F4N2O2S2. The van der Waals surface area contributed by atoms with Crippen LogP contribution in [0.2, 0.25) is 0 Å². The highest BCUT2D eigenvalue weighted by Crippen LogP contribution is 2.51. The molecule has 0 aromatic carbocycles. The lowest BCUT2D eigenvalue weighted by molar-refractivity contribution is -0.256. The third-order valence-electron chi connectivity index (χ3n) is 3.02. The number of nitrogens with zero attached hydrogens (tertiary/aromatic N) is 1. The van der Waals surface area contributed by atoms with Gasteiger partial charge >= 0.3 is 6.18 Å². The van der Waals surface area contributed by atoms with Crippen LogP contribution in [0, 0.1) is 9.41 Å². The Morgan fingerprint density at radius 1 is 1.50 bits per heavy atom. The van der Waals surface area contributed by atoms with Gasteiger partial charge in [0.15, 0.2) is 11.0 Å². The van der Waals surface area contributed by atoms with E-state index >= 15 is 0 Å². The van der Waals surface area contributed by atoms with E-state index in [0.717, 1.165) is 10.8 Å². The number of nitrogens with one attached hydrogen (secondary N) is 1. The summed E-state index contributed by atoms with van der Waals surface area (Å²) in [6, 6.07) is 1.28. The van der Waals surface area contributed by atoms with Gasteiger partial charge in [-0.25, -0.2) is 4.39 Å². The lowest BCUT2D eigenvalue weighted by atomic mass is 9.99. The molecule has 2 rings (SSSR count). The maximum atomic E-state index is 14.4. The second kappa shape index (κ2) is 5.17. The van der Waals surface area contributed by atoms with Crippen LogP contribution in [0.3, 0.4) is 0 Å². The number of aliphatic hydroxyl groups excluding tert-OH is 1. The Labute approximate surface area is 121 Å². The number of alkyl halides is 4. The molecule has 2 heterocycles. The van der Waals surface area contributed by atoms with E-state index in [4.69, 9.17) is 34.3 Å². The Hall–Kier alpha value is -0.840. The molecule has 0 saturated carbocycles. The van der Waals surface area contributed by atoms with Crippen molar-refractivity contribution in [3.63, 3.8) is 0 Å². The molecule has 0 aliphatic carbocycles. The van der Waals surface area contributed by atoms with Gasteiger partial charge in [-0.1, -0.05) is 12.2 Å². The summed E-state index contributed by atoms with van der Waals surface area (Å²) in [5, 5.41) is 8.92. The van der Waals surface area contributed by atoms with Crippen molar-refractivity contribution in [1.29, 1.82) is 0 Å². The van der Waals surface area contributed by atoms with E-state index in [0.29, 0.717) is 0 Å². The van der Waals surface area contributed by atoms with Crippen molar-refractivity contribution in [2.75, 3.05) is 6.61 Å². The van der Waals surface area contributed by atoms with Gasteiger partial charge in [-0.2, -0.15) is 13.2 Å². The number of hydrogen-bond donors (Lipinski definition) is 2. The Kier molecular flexibility index (Phi) is 4.02. The van der Waals surface area contributed by atoms with Crippen molar-refractivity contribution >= 4 is 24.4 Å². The predicted octanol–water partition coefficient (Wildman–Crippen LogP) is 2.83. The second-order valence-electron chi connectivity index (χ2n) is 4.37. The van der Waals surface area contributed by atoms with E-state index < -0.39 is 37.2 Å². The van der Waals surface area contributed by atoms with E-state index in [9.17, 15) is 17.6 Å². The molecule has 20 heavy (non-hydrogen) atoms. The first kappa shape index (κ1) is 15.5. The fourth-order valence-corrected chi connectivity index (χ4v) is 2.52. The van der Waals surface area contributed by atoms with E-state index in [1.54, 1.807) is 0 Å². The fraction of sp³-hybridized carbons (Fsp3) is 0.600. The summed E-state index contributed by atoms with van der Waals surface area (Å²) < 4.78 is 59.2. The normalized spacial score (nSPS) is 30.6. The van der Waals surface area contributed by atoms with E-state index in [2.05, 4.69) is 4.98 Å². The van der Waals surface area contributed by atoms with E-state index in [-0.39, 0.29) is 9.41 Å². The van der Waals surface area contributed by atoms with Crippen molar-refractivity contribution in [1.82, 2.24) is 9.55 Å². The number of aromatic amines is 1. The highest BCUT2D eigenvalue weighted by molar-refractivity contribution is 7.72. The largest absolute Gasteiger partial charge is 0.427 e. The zero-order chi connectivity index (χ0) is 15.1. The first-order valence-corrected chi connectivity index (χ1v) is 6.34. The molecule has 10 heteroatoms. The monoisotopic (exact) mass is 330 g/mol. The SMILES string of the molecule is OC[C@@H]1C[C@](F)(C(F)(F)F)[C@H](n2ccc(=S)[nH]c2=S)O1. The summed E-state index contributed by atoms with van der Waals surface area (Å²) in [5.41, 5.74) is -3.63. The van der Waals surface area contributed by atoms with Crippen molar-refractivity contribution in [3.8, 4) is 0 Å². The van der Waals surface area contributed by atoms with Crippen molar-refractivity contribution in [3.05, 3.63) is 21.7 Å². The maximum Gasteiger partial charge on any atom is 0.427 e. The highest BCUT2D eigenvalue weighted by atomic mass is 32.1. The van der Waals surface area contributed by atoms with Gasteiger partial charge in [0.2, 0.25) is 0 Å². The van der Waals surface area contributed by atoms with Crippen molar-refractivity contribution < 1.29 is 27.4 Å². The van der Waals surface area contributed by atoms with Crippen molar-refractivity contribution in [2.45, 2.75) is 30.6 Å². The molecule has 0 unspecified atom stereocenters. The molecule has 1 saturated heterocycles. The zero-order valence-electron chi connectivity index (χ0n) is 9.85. The topological polar surface area (TPSA) is 50.2 Å². The molecule has 1 aliphatic rings. The summed E-state index contributed by atoms with van der Waals surface area (Å²) in [5.74, 6) is 0. The van der Waals surface area contributed by atoms with Gasteiger partial charge in [0.1, 0.15) is 4.64 Å². The van der Waals surface area contributed by atoms with Crippen LogP contribution in [0.4, 0.5) is 17.6 Å². The quantitative estimate of drug-likeness (QED) is 0.647. The molecule has 4 nitrogen and oxygen atoms in total. The van der Waals surface area contributed by atoms with Crippen LogP contribution in [-0.2, 0) is 4.74 Å². The van der Waals surface area contributed by atoms with Gasteiger partial charge in [-0.15, -0.1) is 0 Å². The van der Waals surface area contributed by atoms with Gasteiger partial charge < -0.3 is 14.8 Å². The Bertz CT molecular complexity index is 614. The second-order valence-corrected chi connectivity index (χ2v) is 5.20. The summed E-state index contributed by atoms with van der Waals surface area (Å²) in [4.78, 5) is 2.45. The molecule has 1 aromatic heterocycles. The maximum absolute atomic E-state index is 14.4. The summed E-state index contributed by atoms with van der Waals surface area (Å²) in [6.45, 7) is -0.714. The van der Waals surface area contributed by atoms with Crippen LogP contribution in [0.5, 0.6) is 0 Å². The Morgan fingerprint density at radius 2 is 2.15 bits per heavy atom. The van der Waals surface area contributed by atoms with Crippen LogP contribution in [0.15, 0.2) is 12.3 Å². The average Bonchev–Trinajstić information content (AvgIpc) is 2.67. The minimum atomic E-state index is -5.15. The molecular weight excluding hydrogens is 320 g/mol. The fourth-order valence-electron chi connectivity index (χ4n) is 2.03. The lowest BCUT2D eigenvalue weighted by Gasteiger charge is -2.29. The third-order valence-corrected chi connectivity index (χ3v) is 3.57. The summed E-state index contributed by atoms with van der Waals surface area (Å²) >= 11 is 9.62. The molecule has 0 amide bonds. The lowest BCUT2D eigenvalue weighted by Crippen LogP contribution is -2.45. The van der Waals surface area contributed by atoms with Gasteiger partial charge in [0.25, 0.3) is 5.67 Å². The number of H-pyrrole nitrogens is 1.